The molecule has 0 bridgehead atoms. The molecule has 1 unspecified atom stereocenters. The van der Waals surface area contributed by atoms with E-state index in [2.05, 4.69) is 21.8 Å². The van der Waals surface area contributed by atoms with E-state index in [1.165, 1.54) is 0 Å². The Morgan fingerprint density at radius 1 is 1.13 bits per heavy atom. The summed E-state index contributed by atoms with van der Waals surface area (Å²) in [6.45, 7) is 6.90. The van der Waals surface area contributed by atoms with Crippen molar-refractivity contribution in [3.05, 3.63) is 69.8 Å². The van der Waals surface area contributed by atoms with Crippen LogP contribution in [0.1, 0.15) is 48.1 Å². The highest BCUT2D eigenvalue weighted by Gasteiger charge is 2.17. The van der Waals surface area contributed by atoms with Crippen LogP contribution in [0.2, 0.25) is 5.02 Å². The third-order valence-corrected chi connectivity index (χ3v) is 6.99. The van der Waals surface area contributed by atoms with Crippen LogP contribution in [-0.4, -0.2) is 36.3 Å². The number of aromatic nitrogens is 2. The fourth-order valence-corrected chi connectivity index (χ4v) is 4.64. The van der Waals surface area contributed by atoms with E-state index in [4.69, 9.17) is 31.1 Å². The van der Waals surface area contributed by atoms with Crippen molar-refractivity contribution < 1.29 is 19.0 Å². The molecular weight excluding hydrogens is 504 g/mol. The Kier molecular flexibility index (Phi) is 10.4. The van der Waals surface area contributed by atoms with Crippen LogP contribution in [0.5, 0.6) is 17.2 Å². The van der Waals surface area contributed by atoms with Crippen LogP contribution in [0.15, 0.2) is 36.4 Å². The number of rotatable bonds is 13. The number of ether oxygens (including phenoxy) is 3. The minimum atomic E-state index is -0.0298. The Bertz CT molecular complexity index is 1300. The van der Waals surface area contributed by atoms with E-state index in [0.29, 0.717) is 48.2 Å². The number of hydrogen-bond acceptors (Lipinski definition) is 6. The molecule has 1 amide bonds. The topological polar surface area (TPSA) is 98.4 Å². The molecule has 38 heavy (non-hydrogen) atoms. The highest BCUT2D eigenvalue weighted by Crippen LogP contribution is 2.38. The van der Waals surface area contributed by atoms with Gasteiger partial charge >= 0.3 is 0 Å². The summed E-state index contributed by atoms with van der Waals surface area (Å²) in [5, 5.41) is 12.4. The molecule has 3 aromatic rings. The van der Waals surface area contributed by atoms with E-state index < -0.39 is 0 Å². The number of hydrogen-bond donors (Lipinski definition) is 1. The Labute approximate surface area is 229 Å². The van der Waals surface area contributed by atoms with Crippen LogP contribution in [0, 0.1) is 31.1 Å². The zero-order valence-electron chi connectivity index (χ0n) is 22.6. The zero-order valence-corrected chi connectivity index (χ0v) is 23.4. The number of carbonyl (C=O) groups excluding carboxylic acids is 1. The number of carbonyl (C=O) groups is 1. The first kappa shape index (κ1) is 28.9. The maximum Gasteiger partial charge on any atom is 0.220 e. The van der Waals surface area contributed by atoms with Crippen LogP contribution < -0.4 is 19.5 Å². The molecule has 0 saturated carbocycles. The van der Waals surface area contributed by atoms with Crippen molar-refractivity contribution in [2.24, 2.45) is 5.92 Å². The maximum absolute atomic E-state index is 12.7. The summed E-state index contributed by atoms with van der Waals surface area (Å²) in [6.07, 6.45) is 1.84. The SMILES string of the molecule is COc1ccc(CC(C)CCC(=O)NCc2nc(C)c(C)n2Cc2ccccc2OCC#N)c(Cl)c1OC. The first-order valence-electron chi connectivity index (χ1n) is 12.5. The second kappa shape index (κ2) is 13.7. The lowest BCUT2D eigenvalue weighted by molar-refractivity contribution is -0.121. The van der Waals surface area contributed by atoms with Gasteiger partial charge in [-0.05, 0) is 50.3 Å². The third-order valence-electron chi connectivity index (χ3n) is 6.57. The lowest BCUT2D eigenvalue weighted by Crippen LogP contribution is -2.25. The minimum absolute atomic E-state index is 0.0154. The van der Waals surface area contributed by atoms with Crippen molar-refractivity contribution in [1.82, 2.24) is 14.9 Å². The molecule has 0 fully saturated rings. The van der Waals surface area contributed by atoms with Gasteiger partial charge in [-0.3, -0.25) is 4.79 Å². The quantitative estimate of drug-likeness (QED) is 0.313. The van der Waals surface area contributed by atoms with Crippen molar-refractivity contribution in [3.63, 3.8) is 0 Å². The molecular formula is C29H35ClN4O4. The molecule has 0 radical (unpaired) electrons. The van der Waals surface area contributed by atoms with Gasteiger partial charge in [0.15, 0.2) is 18.1 Å². The molecule has 0 aliphatic rings. The highest BCUT2D eigenvalue weighted by atomic mass is 35.5. The van der Waals surface area contributed by atoms with Gasteiger partial charge < -0.3 is 24.1 Å². The molecule has 3 rings (SSSR count). The molecule has 0 aliphatic carbocycles. The van der Waals surface area contributed by atoms with Gasteiger partial charge in [0.25, 0.3) is 0 Å². The molecule has 0 spiro atoms. The van der Waals surface area contributed by atoms with Crippen LogP contribution in [-0.2, 0) is 24.3 Å². The maximum atomic E-state index is 12.7. The second-order valence-electron chi connectivity index (χ2n) is 9.24. The van der Waals surface area contributed by atoms with Gasteiger partial charge in [0, 0.05) is 17.7 Å². The summed E-state index contributed by atoms with van der Waals surface area (Å²) in [4.78, 5) is 17.4. The summed E-state index contributed by atoms with van der Waals surface area (Å²) in [7, 11) is 3.14. The number of methoxy groups -OCH3 is 2. The number of nitriles is 1. The molecule has 1 N–H and O–H groups in total. The fourth-order valence-electron chi connectivity index (χ4n) is 4.33. The molecule has 1 aromatic heterocycles. The number of para-hydroxylation sites is 1. The first-order valence-corrected chi connectivity index (χ1v) is 12.9. The van der Waals surface area contributed by atoms with Gasteiger partial charge in [-0.25, -0.2) is 4.98 Å². The number of aryl methyl sites for hydroxylation is 1. The number of imidazole rings is 1. The van der Waals surface area contributed by atoms with E-state index in [1.807, 2.05) is 56.3 Å². The third kappa shape index (κ3) is 7.20. The first-order chi connectivity index (χ1) is 18.3. The molecule has 1 heterocycles. The van der Waals surface area contributed by atoms with Crippen LogP contribution in [0.4, 0.5) is 0 Å². The number of nitrogens with one attached hydrogen (secondary N) is 1. The molecule has 8 nitrogen and oxygen atoms in total. The van der Waals surface area contributed by atoms with Gasteiger partial charge in [0.1, 0.15) is 17.6 Å². The number of halogens is 1. The molecule has 9 heteroatoms. The average molecular weight is 539 g/mol. The largest absolute Gasteiger partial charge is 0.493 e. The molecule has 0 aliphatic heterocycles. The minimum Gasteiger partial charge on any atom is -0.493 e. The van der Waals surface area contributed by atoms with E-state index in [0.717, 1.165) is 34.8 Å². The Morgan fingerprint density at radius 2 is 1.89 bits per heavy atom. The van der Waals surface area contributed by atoms with Crippen molar-refractivity contribution in [3.8, 4) is 23.3 Å². The van der Waals surface area contributed by atoms with Gasteiger partial charge in [0.2, 0.25) is 5.91 Å². The van der Waals surface area contributed by atoms with Gasteiger partial charge in [-0.1, -0.05) is 42.8 Å². The summed E-state index contributed by atoms with van der Waals surface area (Å²) in [5.74, 6) is 2.77. The Balaban J connectivity index is 1.58. The summed E-state index contributed by atoms with van der Waals surface area (Å²) >= 11 is 6.52. The van der Waals surface area contributed by atoms with Gasteiger partial charge in [-0.2, -0.15) is 5.26 Å². The second-order valence-corrected chi connectivity index (χ2v) is 9.62. The monoisotopic (exact) mass is 538 g/mol. The number of benzene rings is 2. The molecule has 202 valence electrons. The average Bonchev–Trinajstić information content (AvgIpc) is 3.18. The van der Waals surface area contributed by atoms with E-state index in [-0.39, 0.29) is 18.4 Å². The lowest BCUT2D eigenvalue weighted by atomic mass is 9.96. The fraction of sp³-hybridized carbons (Fsp3) is 0.414. The van der Waals surface area contributed by atoms with Gasteiger partial charge in [-0.15, -0.1) is 0 Å². The number of amides is 1. The smallest absolute Gasteiger partial charge is 0.220 e. The standard InChI is InChI=1S/C29H35ClN4O4/c1-19(16-22-11-12-25(36-4)29(37-5)28(22)30)10-13-27(35)32-17-26-33-20(2)21(3)34(26)18-23-8-6-7-9-24(23)38-15-14-31/h6-9,11-12,19H,10,13,15-18H2,1-5H3,(H,32,35). The Morgan fingerprint density at radius 3 is 2.61 bits per heavy atom. The van der Waals surface area contributed by atoms with Crippen molar-refractivity contribution in [2.75, 3.05) is 20.8 Å². The summed E-state index contributed by atoms with van der Waals surface area (Å²) in [6, 6.07) is 13.4. The Hall–Kier alpha value is -3.70. The highest BCUT2D eigenvalue weighted by molar-refractivity contribution is 6.33. The van der Waals surface area contributed by atoms with Gasteiger partial charge in [0.05, 0.1) is 38.0 Å². The van der Waals surface area contributed by atoms with Crippen LogP contribution in [0.25, 0.3) is 0 Å². The predicted octanol–water partition coefficient (Wildman–Crippen LogP) is 5.40. The number of nitrogens with zero attached hydrogens (tertiary/aromatic N) is 3. The molecule has 1 atom stereocenters. The zero-order chi connectivity index (χ0) is 27.7. The van der Waals surface area contributed by atoms with E-state index in [1.54, 1.807) is 14.2 Å². The van der Waals surface area contributed by atoms with E-state index >= 15 is 0 Å². The van der Waals surface area contributed by atoms with Crippen LogP contribution >= 0.6 is 11.6 Å². The normalized spacial score (nSPS) is 11.5. The summed E-state index contributed by atoms with van der Waals surface area (Å²) in [5.41, 5.74) is 3.83. The predicted molar refractivity (Wildman–Crippen MR) is 147 cm³/mol. The molecule has 0 saturated heterocycles. The summed E-state index contributed by atoms with van der Waals surface area (Å²) < 4.78 is 18.4. The van der Waals surface area contributed by atoms with E-state index in [9.17, 15) is 4.79 Å². The van der Waals surface area contributed by atoms with Crippen molar-refractivity contribution >= 4 is 17.5 Å². The molecule has 2 aromatic carbocycles. The van der Waals surface area contributed by atoms with Crippen molar-refractivity contribution in [1.29, 1.82) is 5.26 Å². The van der Waals surface area contributed by atoms with Crippen LogP contribution in [0.3, 0.4) is 0 Å². The van der Waals surface area contributed by atoms with Crippen molar-refractivity contribution in [2.45, 2.75) is 53.1 Å². The lowest BCUT2D eigenvalue weighted by Gasteiger charge is -2.16.